The molecule has 20 heavy (non-hydrogen) atoms. The van der Waals surface area contributed by atoms with Gasteiger partial charge in [-0.2, -0.15) is 0 Å². The Balaban J connectivity index is 2.50. The van der Waals surface area contributed by atoms with Gasteiger partial charge in [0.1, 0.15) is 12.4 Å². The molecule has 0 atom stereocenters. The van der Waals surface area contributed by atoms with Crippen LogP contribution in [-0.2, 0) is 4.74 Å². The second-order valence-corrected chi connectivity index (χ2v) is 5.95. The number of benzene rings is 1. The molecule has 0 unspecified atom stereocenters. The lowest BCUT2D eigenvalue weighted by Gasteiger charge is -2.12. The number of Topliss-reactive ketones (excluding diaryl/α,β-unsaturated/α-hetero) is 1. The third-order valence-electron chi connectivity index (χ3n) is 3.21. The minimum Gasteiger partial charge on any atom is -0.497 e. The summed E-state index contributed by atoms with van der Waals surface area (Å²) in [6.07, 6.45) is 0. The predicted molar refractivity (Wildman–Crippen MR) is 78.7 cm³/mol. The molecule has 1 aromatic rings. The molecule has 0 aromatic heterocycles. The van der Waals surface area contributed by atoms with Crippen LogP contribution in [0.1, 0.15) is 43.6 Å². The van der Waals surface area contributed by atoms with Gasteiger partial charge in [-0.05, 0) is 32.0 Å². The highest BCUT2D eigenvalue weighted by atomic mass is 16.5. The quantitative estimate of drug-likeness (QED) is 0.793. The summed E-state index contributed by atoms with van der Waals surface area (Å²) in [5, 5.41) is 0. The van der Waals surface area contributed by atoms with E-state index in [4.69, 9.17) is 9.47 Å². The standard InChI is InChI=1S/C16H21NO3/c1-10(2)14(18)13-8-11(19-5)6-7-12(13)15-17-16(3,4)9-20-15/h6-8,10H,9H2,1-5H3. The van der Waals surface area contributed by atoms with Crippen LogP contribution in [0.4, 0.5) is 0 Å². The van der Waals surface area contributed by atoms with Crippen molar-refractivity contribution in [1.82, 2.24) is 0 Å². The minimum absolute atomic E-state index is 0.0647. The van der Waals surface area contributed by atoms with Gasteiger partial charge in [-0.1, -0.05) is 13.8 Å². The Labute approximate surface area is 119 Å². The van der Waals surface area contributed by atoms with Crippen LogP contribution in [0.2, 0.25) is 0 Å². The van der Waals surface area contributed by atoms with Crippen molar-refractivity contribution < 1.29 is 14.3 Å². The number of carbonyl (C=O) groups excluding carboxylic acids is 1. The van der Waals surface area contributed by atoms with Gasteiger partial charge < -0.3 is 9.47 Å². The first-order valence-corrected chi connectivity index (χ1v) is 6.79. The Morgan fingerprint density at radius 3 is 2.60 bits per heavy atom. The smallest absolute Gasteiger partial charge is 0.217 e. The predicted octanol–water partition coefficient (Wildman–Crippen LogP) is 3.09. The molecular weight excluding hydrogens is 254 g/mol. The third-order valence-corrected chi connectivity index (χ3v) is 3.21. The molecule has 0 bridgehead atoms. The molecule has 0 spiro atoms. The van der Waals surface area contributed by atoms with E-state index >= 15 is 0 Å². The summed E-state index contributed by atoms with van der Waals surface area (Å²) < 4.78 is 10.9. The van der Waals surface area contributed by atoms with Gasteiger partial charge in [0.25, 0.3) is 0 Å². The van der Waals surface area contributed by atoms with E-state index in [2.05, 4.69) is 4.99 Å². The van der Waals surface area contributed by atoms with E-state index in [1.807, 2.05) is 39.8 Å². The first-order chi connectivity index (χ1) is 9.34. The summed E-state index contributed by atoms with van der Waals surface area (Å²) in [7, 11) is 1.59. The minimum atomic E-state index is -0.243. The van der Waals surface area contributed by atoms with Crippen molar-refractivity contribution in [3.8, 4) is 5.75 Å². The number of ketones is 1. The van der Waals surface area contributed by atoms with Crippen LogP contribution in [0.3, 0.4) is 0 Å². The van der Waals surface area contributed by atoms with Gasteiger partial charge in [0.15, 0.2) is 5.78 Å². The van der Waals surface area contributed by atoms with Gasteiger partial charge in [0.05, 0.1) is 12.6 Å². The number of aliphatic imine (C=N–C) groups is 1. The monoisotopic (exact) mass is 275 g/mol. The van der Waals surface area contributed by atoms with Crippen LogP contribution in [0, 0.1) is 5.92 Å². The topological polar surface area (TPSA) is 47.9 Å². The molecular formula is C16H21NO3. The van der Waals surface area contributed by atoms with E-state index in [9.17, 15) is 4.79 Å². The fourth-order valence-electron chi connectivity index (χ4n) is 2.07. The Morgan fingerprint density at radius 1 is 1.40 bits per heavy atom. The number of ether oxygens (including phenoxy) is 2. The summed E-state index contributed by atoms with van der Waals surface area (Å²) in [6.45, 7) is 8.31. The van der Waals surface area contributed by atoms with Gasteiger partial charge in [-0.15, -0.1) is 0 Å². The largest absolute Gasteiger partial charge is 0.497 e. The van der Waals surface area contributed by atoms with Gasteiger partial charge in [-0.3, -0.25) is 4.79 Å². The molecule has 0 fully saturated rings. The van der Waals surface area contributed by atoms with Crippen molar-refractivity contribution in [2.45, 2.75) is 33.2 Å². The molecule has 108 valence electrons. The van der Waals surface area contributed by atoms with Gasteiger partial charge in [0, 0.05) is 17.0 Å². The van der Waals surface area contributed by atoms with E-state index in [1.165, 1.54) is 0 Å². The zero-order chi connectivity index (χ0) is 14.9. The van der Waals surface area contributed by atoms with Crippen LogP contribution < -0.4 is 4.74 Å². The Bertz CT molecular complexity index is 559. The van der Waals surface area contributed by atoms with Gasteiger partial charge in [-0.25, -0.2) is 4.99 Å². The van der Waals surface area contributed by atoms with E-state index in [0.717, 1.165) is 5.56 Å². The van der Waals surface area contributed by atoms with E-state index < -0.39 is 0 Å². The van der Waals surface area contributed by atoms with Crippen molar-refractivity contribution in [3.63, 3.8) is 0 Å². The molecule has 1 aliphatic heterocycles. The first-order valence-electron chi connectivity index (χ1n) is 6.79. The number of nitrogens with zero attached hydrogens (tertiary/aromatic N) is 1. The van der Waals surface area contributed by atoms with Crippen LogP contribution in [0.25, 0.3) is 0 Å². The van der Waals surface area contributed by atoms with Crippen molar-refractivity contribution in [3.05, 3.63) is 29.3 Å². The molecule has 0 aliphatic carbocycles. The number of hydrogen-bond acceptors (Lipinski definition) is 4. The molecule has 1 heterocycles. The molecule has 0 saturated heterocycles. The number of hydrogen-bond donors (Lipinski definition) is 0. The molecule has 4 heteroatoms. The Kier molecular flexibility index (Phi) is 3.84. The maximum atomic E-state index is 12.4. The summed E-state index contributed by atoms with van der Waals surface area (Å²) in [5.41, 5.74) is 1.11. The lowest BCUT2D eigenvalue weighted by molar-refractivity contribution is 0.0938. The molecule has 0 radical (unpaired) electrons. The van der Waals surface area contributed by atoms with Gasteiger partial charge >= 0.3 is 0 Å². The van der Waals surface area contributed by atoms with Crippen LogP contribution in [-0.4, -0.2) is 30.9 Å². The third kappa shape index (κ3) is 2.84. The summed E-state index contributed by atoms with van der Waals surface area (Å²) in [5.74, 6) is 1.18. The zero-order valence-electron chi connectivity index (χ0n) is 12.7. The van der Waals surface area contributed by atoms with Gasteiger partial charge in [0.2, 0.25) is 5.90 Å². The Morgan fingerprint density at radius 2 is 2.10 bits per heavy atom. The molecule has 4 nitrogen and oxygen atoms in total. The molecule has 2 rings (SSSR count). The fraction of sp³-hybridized carbons (Fsp3) is 0.500. The van der Waals surface area contributed by atoms with Crippen molar-refractivity contribution >= 4 is 11.7 Å². The lowest BCUT2D eigenvalue weighted by Crippen LogP contribution is -2.17. The number of rotatable bonds is 4. The second-order valence-electron chi connectivity index (χ2n) is 5.95. The summed E-state index contributed by atoms with van der Waals surface area (Å²) in [6, 6.07) is 5.42. The van der Waals surface area contributed by atoms with Crippen LogP contribution in [0.15, 0.2) is 23.2 Å². The molecule has 0 amide bonds. The van der Waals surface area contributed by atoms with Crippen LogP contribution >= 0.6 is 0 Å². The average Bonchev–Trinajstić information content (AvgIpc) is 2.77. The summed E-state index contributed by atoms with van der Waals surface area (Å²) in [4.78, 5) is 16.9. The molecule has 1 aromatic carbocycles. The van der Waals surface area contributed by atoms with Crippen molar-refractivity contribution in [2.75, 3.05) is 13.7 Å². The highest BCUT2D eigenvalue weighted by Crippen LogP contribution is 2.26. The maximum absolute atomic E-state index is 12.4. The molecule has 0 saturated carbocycles. The SMILES string of the molecule is COc1ccc(C2=NC(C)(C)CO2)c(C(=O)C(C)C)c1. The average molecular weight is 275 g/mol. The maximum Gasteiger partial charge on any atom is 0.217 e. The second kappa shape index (κ2) is 5.27. The zero-order valence-corrected chi connectivity index (χ0v) is 12.7. The Hall–Kier alpha value is -1.84. The normalized spacial score (nSPS) is 16.8. The van der Waals surface area contributed by atoms with E-state index in [0.29, 0.717) is 23.8 Å². The van der Waals surface area contributed by atoms with Crippen molar-refractivity contribution in [2.24, 2.45) is 10.9 Å². The first kappa shape index (κ1) is 14.6. The van der Waals surface area contributed by atoms with Crippen molar-refractivity contribution in [1.29, 1.82) is 0 Å². The number of carbonyl (C=O) groups is 1. The number of methoxy groups -OCH3 is 1. The molecule has 1 aliphatic rings. The van der Waals surface area contributed by atoms with E-state index in [1.54, 1.807) is 13.2 Å². The molecule has 0 N–H and O–H groups in total. The highest BCUT2D eigenvalue weighted by molar-refractivity contribution is 6.09. The fourth-order valence-corrected chi connectivity index (χ4v) is 2.07. The van der Waals surface area contributed by atoms with E-state index in [-0.39, 0.29) is 17.2 Å². The van der Waals surface area contributed by atoms with Crippen LogP contribution in [0.5, 0.6) is 5.75 Å². The lowest BCUT2D eigenvalue weighted by atomic mass is 9.96. The highest BCUT2D eigenvalue weighted by Gasteiger charge is 2.29. The summed E-state index contributed by atoms with van der Waals surface area (Å²) >= 11 is 0.